The van der Waals surface area contributed by atoms with Crippen molar-refractivity contribution in [3.8, 4) is 33.9 Å². The fourth-order valence-corrected chi connectivity index (χ4v) is 10.2. The number of imidazole rings is 4. The van der Waals surface area contributed by atoms with Gasteiger partial charge < -0.3 is 0 Å². The predicted octanol–water partition coefficient (Wildman–Crippen LogP) is 10.9. The van der Waals surface area contributed by atoms with Crippen LogP contribution in [-0.2, 0) is 0 Å². The molecule has 0 unspecified atom stereocenters. The van der Waals surface area contributed by atoms with E-state index in [1.165, 1.54) is 10.6 Å². The number of para-hydroxylation sites is 5. The molecule has 0 atom stereocenters. The number of benzene rings is 7. The van der Waals surface area contributed by atoms with Crippen LogP contribution in [0.5, 0.6) is 0 Å². The average molecular weight is 797 g/mol. The second-order valence-corrected chi connectivity index (χ2v) is 16.2. The summed E-state index contributed by atoms with van der Waals surface area (Å²) < 4.78 is 14.1. The third kappa shape index (κ3) is 4.50. The van der Waals surface area contributed by atoms with Gasteiger partial charge in [-0.1, -0.05) is 115 Å². The van der Waals surface area contributed by atoms with Gasteiger partial charge in [-0.2, -0.15) is 0 Å². The molecule has 6 heterocycles. The first-order chi connectivity index (χ1) is 30.8. The number of aromatic nitrogens is 8. The van der Waals surface area contributed by atoms with E-state index in [1.54, 1.807) is 0 Å². The second-order valence-electron chi connectivity index (χ2n) is 16.2. The quantitative estimate of drug-likeness (QED) is 0.174. The molecule has 62 heavy (non-hydrogen) atoms. The van der Waals surface area contributed by atoms with Crippen molar-refractivity contribution < 1.29 is 0 Å². The molecule has 0 radical (unpaired) electrons. The van der Waals surface area contributed by atoms with E-state index >= 15 is 0 Å². The zero-order valence-electron chi connectivity index (χ0n) is 33.5. The van der Waals surface area contributed by atoms with Gasteiger partial charge in [0, 0.05) is 33.4 Å². The maximum atomic E-state index is 5.50. The van der Waals surface area contributed by atoms with Crippen LogP contribution in [0.2, 0.25) is 0 Å². The van der Waals surface area contributed by atoms with Crippen molar-refractivity contribution in [2.24, 2.45) is 0 Å². The Hall–Kier alpha value is -8.36. The lowest BCUT2D eigenvalue weighted by atomic mass is 10.0. The zero-order valence-corrected chi connectivity index (χ0v) is 33.5. The molecule has 13 aromatic rings. The van der Waals surface area contributed by atoms with Crippen LogP contribution in [0.1, 0.15) is 12.8 Å². The van der Waals surface area contributed by atoms with Gasteiger partial charge in [0.25, 0.3) is 0 Å². The normalized spacial score (nSPS) is 13.0. The van der Waals surface area contributed by atoms with Crippen molar-refractivity contribution in [1.29, 1.82) is 0 Å². The van der Waals surface area contributed by atoms with Crippen LogP contribution in [-0.4, -0.2) is 37.0 Å². The summed E-state index contributed by atoms with van der Waals surface area (Å²) in [5, 5.41) is 3.56. The van der Waals surface area contributed by atoms with Gasteiger partial charge in [0.1, 0.15) is 11.0 Å². The minimum absolute atomic E-state index is 0.876. The molecule has 14 rings (SSSR count). The van der Waals surface area contributed by atoms with Crippen molar-refractivity contribution >= 4 is 79.0 Å². The standard InChI is InChI=1S/C54H36N8/c1-5-17-37(18-6-1)57-43-27-15-13-25-41(43)49-51(57)61-45-31-29-35(33-47(45)59(53(61)55-49)39-21-9-3-10-22-39)36-30-32-46-48(34-36)60(40-23-11-4-12-24-40)54-56-50-42-26-14-16-28-44(42)58(52(50)62(46)54)38-19-7-2-8-20-38/h1-13,15,17-34H,14,16H2. The summed E-state index contributed by atoms with van der Waals surface area (Å²) in [5.41, 5.74) is 16.2. The number of hydrogen-bond donors (Lipinski definition) is 0. The number of hydrogen-bond acceptors (Lipinski definition) is 2. The summed E-state index contributed by atoms with van der Waals surface area (Å²) in [5.74, 6) is 1.77. The first-order valence-electron chi connectivity index (χ1n) is 21.3. The Balaban J connectivity index is 1.05. The van der Waals surface area contributed by atoms with Crippen LogP contribution in [0.15, 0.2) is 182 Å². The van der Waals surface area contributed by atoms with Gasteiger partial charge in [-0.15, -0.1) is 0 Å². The van der Waals surface area contributed by atoms with E-state index < -0.39 is 0 Å². The third-order valence-electron chi connectivity index (χ3n) is 12.8. The van der Waals surface area contributed by atoms with Crippen LogP contribution in [0.25, 0.3) is 113 Å². The lowest BCUT2D eigenvalue weighted by molar-refractivity contribution is 0.995. The van der Waals surface area contributed by atoms with Crippen LogP contribution < -0.4 is 10.6 Å². The highest BCUT2D eigenvalue weighted by Gasteiger charge is 2.26. The van der Waals surface area contributed by atoms with Crippen molar-refractivity contribution in [1.82, 2.24) is 37.0 Å². The molecular formula is C54H36N8. The van der Waals surface area contributed by atoms with Crippen LogP contribution in [0.4, 0.5) is 0 Å². The van der Waals surface area contributed by atoms with Gasteiger partial charge in [-0.25, -0.2) is 9.97 Å². The minimum Gasteiger partial charge on any atom is -0.294 e. The molecule has 1 aliphatic rings. The maximum Gasteiger partial charge on any atom is 0.221 e. The van der Waals surface area contributed by atoms with E-state index in [0.717, 1.165) is 114 Å². The summed E-state index contributed by atoms with van der Waals surface area (Å²) in [4.78, 5) is 11.0. The van der Waals surface area contributed by atoms with E-state index in [-0.39, 0.29) is 0 Å². The van der Waals surface area contributed by atoms with Crippen molar-refractivity contribution in [2.75, 3.05) is 0 Å². The first-order valence-corrected chi connectivity index (χ1v) is 21.3. The van der Waals surface area contributed by atoms with Crippen molar-refractivity contribution in [2.45, 2.75) is 12.8 Å². The van der Waals surface area contributed by atoms with Gasteiger partial charge in [-0.3, -0.25) is 27.1 Å². The summed E-state index contributed by atoms with van der Waals surface area (Å²) >= 11 is 0. The molecule has 0 fully saturated rings. The summed E-state index contributed by atoms with van der Waals surface area (Å²) in [6.07, 6.45) is 6.76. The summed E-state index contributed by atoms with van der Waals surface area (Å²) in [7, 11) is 0. The molecule has 0 amide bonds. The molecule has 8 nitrogen and oxygen atoms in total. The summed E-state index contributed by atoms with van der Waals surface area (Å²) in [6.45, 7) is 0. The summed E-state index contributed by atoms with van der Waals surface area (Å²) in [6, 6.07) is 64.9. The highest BCUT2D eigenvalue weighted by Crippen LogP contribution is 2.39. The molecule has 7 aromatic carbocycles. The lowest BCUT2D eigenvalue weighted by Gasteiger charge is -2.09. The first kappa shape index (κ1) is 33.5. The van der Waals surface area contributed by atoms with Crippen LogP contribution >= 0.6 is 0 Å². The topological polar surface area (TPSA) is 54.3 Å². The van der Waals surface area contributed by atoms with E-state index in [4.69, 9.17) is 9.97 Å². The van der Waals surface area contributed by atoms with Crippen molar-refractivity contribution in [3.05, 3.63) is 193 Å². The van der Waals surface area contributed by atoms with E-state index in [2.05, 4.69) is 221 Å². The number of rotatable bonds is 5. The largest absolute Gasteiger partial charge is 0.294 e. The molecule has 8 heteroatoms. The Kier molecular flexibility index (Phi) is 6.79. The SMILES string of the molecule is C1=c2c(n(-c3ccccc3)c3c2nc2n(-c4ccccc4)c4cc(-c5ccc6c(c5)n(-c5ccccc5)c5nc7c8ccccc8n(-c8ccccc8)c7n65)ccc4n32)=CCC1. The third-order valence-corrected chi connectivity index (χ3v) is 12.8. The Morgan fingerprint density at radius 1 is 0.355 bits per heavy atom. The van der Waals surface area contributed by atoms with Gasteiger partial charge >= 0.3 is 0 Å². The molecule has 1 aliphatic carbocycles. The lowest BCUT2D eigenvalue weighted by Crippen LogP contribution is -2.30. The van der Waals surface area contributed by atoms with Crippen molar-refractivity contribution in [3.63, 3.8) is 0 Å². The molecule has 0 bridgehead atoms. The molecule has 0 N–H and O–H groups in total. The van der Waals surface area contributed by atoms with Gasteiger partial charge in [0.05, 0.1) is 32.9 Å². The highest BCUT2D eigenvalue weighted by molar-refractivity contribution is 6.09. The Labute approximate surface area is 354 Å². The van der Waals surface area contributed by atoms with Gasteiger partial charge in [0.2, 0.25) is 11.6 Å². The smallest absolute Gasteiger partial charge is 0.221 e. The Morgan fingerprint density at radius 3 is 1.37 bits per heavy atom. The van der Waals surface area contributed by atoms with Gasteiger partial charge in [-0.05, 0) is 103 Å². The average Bonchev–Trinajstić information content (AvgIpc) is 4.16. The number of fused-ring (bicyclic) bond motifs is 14. The van der Waals surface area contributed by atoms with Crippen LogP contribution in [0.3, 0.4) is 0 Å². The second kappa shape index (κ2) is 12.6. The van der Waals surface area contributed by atoms with E-state index in [1.807, 2.05) is 0 Å². The number of nitrogens with zero attached hydrogens (tertiary/aromatic N) is 8. The molecule has 292 valence electrons. The highest BCUT2D eigenvalue weighted by atomic mass is 15.3. The molecular weight excluding hydrogens is 761 g/mol. The Bertz CT molecular complexity index is 4070. The zero-order chi connectivity index (χ0) is 40.5. The van der Waals surface area contributed by atoms with E-state index in [9.17, 15) is 0 Å². The van der Waals surface area contributed by atoms with E-state index in [0.29, 0.717) is 0 Å². The molecule has 0 spiro atoms. The fraction of sp³-hybridized carbons (Fsp3) is 0.0370. The molecule has 0 saturated carbocycles. The predicted molar refractivity (Wildman–Crippen MR) is 252 cm³/mol. The Morgan fingerprint density at radius 2 is 0.806 bits per heavy atom. The molecule has 6 aromatic heterocycles. The maximum absolute atomic E-state index is 5.50. The molecule has 0 aliphatic heterocycles. The molecule has 0 saturated heterocycles. The van der Waals surface area contributed by atoms with Crippen LogP contribution in [0, 0.1) is 0 Å². The fourth-order valence-electron chi connectivity index (χ4n) is 10.2. The monoisotopic (exact) mass is 796 g/mol. The minimum atomic E-state index is 0.876. The van der Waals surface area contributed by atoms with Gasteiger partial charge in [0.15, 0.2) is 11.3 Å².